The van der Waals surface area contributed by atoms with Gasteiger partial charge < -0.3 is 4.98 Å². The molecular formula is C27H21F4N7O. The van der Waals surface area contributed by atoms with Crippen LogP contribution in [0.25, 0.3) is 33.7 Å². The van der Waals surface area contributed by atoms with E-state index in [2.05, 4.69) is 25.3 Å². The van der Waals surface area contributed by atoms with Crippen LogP contribution in [0.1, 0.15) is 60.3 Å². The van der Waals surface area contributed by atoms with Gasteiger partial charge in [-0.25, -0.2) is 19.0 Å². The summed E-state index contributed by atoms with van der Waals surface area (Å²) >= 11 is 0. The minimum atomic E-state index is -4.74. The maximum Gasteiger partial charge on any atom is 0.419 e. The molecule has 0 amide bonds. The summed E-state index contributed by atoms with van der Waals surface area (Å²) < 4.78 is 59.3. The number of nitrogens with one attached hydrogen (secondary N) is 1. The second-order valence-electron chi connectivity index (χ2n) is 10.2. The molecule has 198 valence electrons. The van der Waals surface area contributed by atoms with Crippen LogP contribution < -0.4 is 5.56 Å². The van der Waals surface area contributed by atoms with Crippen molar-refractivity contribution in [3.63, 3.8) is 0 Å². The number of H-pyrrole nitrogens is 1. The summed E-state index contributed by atoms with van der Waals surface area (Å²) in [5, 5.41) is 7.96. The van der Waals surface area contributed by atoms with Crippen LogP contribution in [-0.4, -0.2) is 34.5 Å². The fraction of sp³-hybridized carbons (Fsp3) is 0.296. The molecule has 0 aliphatic heterocycles. The average molecular weight is 536 g/mol. The Morgan fingerprint density at radius 3 is 2.46 bits per heavy atom. The lowest BCUT2D eigenvalue weighted by Crippen LogP contribution is -2.23. The molecule has 1 N–H and O–H groups in total. The molecule has 2 fully saturated rings. The number of aromatic nitrogens is 7. The van der Waals surface area contributed by atoms with E-state index in [1.54, 1.807) is 19.1 Å². The third kappa shape index (κ3) is 4.10. The van der Waals surface area contributed by atoms with E-state index in [0.29, 0.717) is 34.0 Å². The molecule has 0 bridgehead atoms. The molecule has 4 aromatic heterocycles. The molecule has 12 heteroatoms. The Kier molecular flexibility index (Phi) is 5.07. The Balaban J connectivity index is 1.47. The normalized spacial score (nSPS) is 15.8. The van der Waals surface area contributed by atoms with E-state index in [4.69, 9.17) is 0 Å². The summed E-state index contributed by atoms with van der Waals surface area (Å²) in [5.74, 6) is 0.106. The summed E-state index contributed by atoms with van der Waals surface area (Å²) in [5.41, 5.74) is 0.590. The second kappa shape index (κ2) is 8.32. The van der Waals surface area contributed by atoms with Gasteiger partial charge in [-0.05, 0) is 62.4 Å². The van der Waals surface area contributed by atoms with Crippen LogP contribution in [0.4, 0.5) is 17.6 Å². The average Bonchev–Trinajstić information content (AvgIpc) is 3.83. The summed E-state index contributed by atoms with van der Waals surface area (Å²) in [4.78, 5) is 25.2. The zero-order valence-corrected chi connectivity index (χ0v) is 20.6. The molecule has 0 unspecified atom stereocenters. The second-order valence-corrected chi connectivity index (χ2v) is 10.2. The predicted molar refractivity (Wildman–Crippen MR) is 133 cm³/mol. The van der Waals surface area contributed by atoms with Gasteiger partial charge in [0.1, 0.15) is 34.1 Å². The molecule has 39 heavy (non-hydrogen) atoms. The molecule has 1 aromatic carbocycles. The first kappa shape index (κ1) is 23.7. The SMILES string of the molecule is Cc1cnnn1-c1cc(F)ccc1-c1cc(C2CC2)nc(-n2cc(C(F)(F)F)c3nc(C4CC4)[nH]c3c2=O)c1. The number of hydrogen-bond acceptors (Lipinski definition) is 5. The molecule has 5 aromatic rings. The van der Waals surface area contributed by atoms with E-state index < -0.39 is 23.1 Å². The zero-order valence-electron chi connectivity index (χ0n) is 20.6. The minimum absolute atomic E-state index is 0.0337. The molecule has 0 radical (unpaired) electrons. The lowest BCUT2D eigenvalue weighted by Gasteiger charge is -2.16. The highest BCUT2D eigenvalue weighted by atomic mass is 19.4. The highest BCUT2D eigenvalue weighted by molar-refractivity contribution is 5.79. The first-order chi connectivity index (χ1) is 18.7. The standard InChI is InChI=1S/C27H21F4N7O/c1-13-11-32-36-38(13)21-10-17(28)6-7-18(21)16-8-20(14-2-3-14)33-22(9-16)37-12-19(27(29,30)31)23-24(26(37)39)35-25(34-23)15-4-5-15/h6-12,14-15H,2-5H2,1H3,(H,34,35). The number of hydrogen-bond donors (Lipinski definition) is 1. The van der Waals surface area contributed by atoms with E-state index in [1.807, 2.05) is 6.07 Å². The van der Waals surface area contributed by atoms with Crippen molar-refractivity contribution in [3.8, 4) is 22.6 Å². The maximum atomic E-state index is 14.3. The number of benzene rings is 1. The first-order valence-corrected chi connectivity index (χ1v) is 12.6. The van der Waals surface area contributed by atoms with Crippen molar-refractivity contribution in [2.24, 2.45) is 0 Å². The summed E-state index contributed by atoms with van der Waals surface area (Å²) in [6.07, 6.45) is 0.955. The Labute approximate surface area is 218 Å². The molecular weight excluding hydrogens is 514 g/mol. The lowest BCUT2D eigenvalue weighted by atomic mass is 10.0. The number of imidazole rings is 1. The van der Waals surface area contributed by atoms with E-state index in [1.165, 1.54) is 23.0 Å². The molecule has 0 spiro atoms. The van der Waals surface area contributed by atoms with Crippen molar-refractivity contribution in [2.75, 3.05) is 0 Å². The van der Waals surface area contributed by atoms with E-state index >= 15 is 0 Å². The summed E-state index contributed by atoms with van der Waals surface area (Å²) in [6.45, 7) is 1.77. The molecule has 2 saturated carbocycles. The number of nitrogens with zero attached hydrogens (tertiary/aromatic N) is 6. The van der Waals surface area contributed by atoms with Gasteiger partial charge in [0.25, 0.3) is 5.56 Å². The van der Waals surface area contributed by atoms with Crippen molar-refractivity contribution in [1.29, 1.82) is 0 Å². The molecule has 0 atom stereocenters. The number of pyridine rings is 2. The fourth-order valence-electron chi connectivity index (χ4n) is 4.89. The Morgan fingerprint density at radius 1 is 1.03 bits per heavy atom. The molecule has 4 heterocycles. The predicted octanol–water partition coefficient (Wildman–Crippen LogP) is 5.58. The van der Waals surface area contributed by atoms with Crippen molar-refractivity contribution in [2.45, 2.75) is 50.6 Å². The number of rotatable bonds is 5. The summed E-state index contributed by atoms with van der Waals surface area (Å²) in [7, 11) is 0. The van der Waals surface area contributed by atoms with Gasteiger partial charge in [-0.2, -0.15) is 13.2 Å². The van der Waals surface area contributed by atoms with Gasteiger partial charge in [0, 0.05) is 35.4 Å². The van der Waals surface area contributed by atoms with Crippen LogP contribution in [0.3, 0.4) is 0 Å². The highest BCUT2D eigenvalue weighted by Crippen LogP contribution is 2.42. The molecule has 2 aliphatic rings. The van der Waals surface area contributed by atoms with Crippen molar-refractivity contribution < 1.29 is 17.6 Å². The van der Waals surface area contributed by atoms with Crippen LogP contribution in [0.5, 0.6) is 0 Å². The maximum absolute atomic E-state index is 14.3. The smallest absolute Gasteiger partial charge is 0.337 e. The molecule has 7 rings (SSSR count). The number of halogens is 4. The van der Waals surface area contributed by atoms with Gasteiger partial charge in [-0.3, -0.25) is 9.36 Å². The van der Waals surface area contributed by atoms with Crippen molar-refractivity contribution >= 4 is 11.0 Å². The molecule has 0 saturated heterocycles. The largest absolute Gasteiger partial charge is 0.419 e. The number of fused-ring (bicyclic) bond motifs is 1. The lowest BCUT2D eigenvalue weighted by molar-refractivity contribution is -0.136. The topological polar surface area (TPSA) is 94.3 Å². The van der Waals surface area contributed by atoms with Crippen LogP contribution in [-0.2, 0) is 6.18 Å². The Hall–Kier alpha value is -4.35. The van der Waals surface area contributed by atoms with Gasteiger partial charge in [0.05, 0.1) is 17.6 Å². The van der Waals surface area contributed by atoms with E-state index in [-0.39, 0.29) is 28.7 Å². The van der Waals surface area contributed by atoms with Crippen molar-refractivity contribution in [1.82, 2.24) is 34.5 Å². The first-order valence-electron chi connectivity index (χ1n) is 12.6. The Morgan fingerprint density at radius 2 is 1.79 bits per heavy atom. The van der Waals surface area contributed by atoms with Crippen LogP contribution in [0.15, 0.2) is 47.5 Å². The van der Waals surface area contributed by atoms with Gasteiger partial charge in [-0.15, -0.1) is 5.10 Å². The van der Waals surface area contributed by atoms with Crippen LogP contribution in [0, 0.1) is 12.7 Å². The Bertz CT molecular complexity index is 1830. The van der Waals surface area contributed by atoms with Gasteiger partial charge >= 0.3 is 6.18 Å². The zero-order chi connectivity index (χ0) is 27.1. The molecule has 2 aliphatic carbocycles. The number of alkyl halides is 3. The quantitative estimate of drug-likeness (QED) is 0.297. The third-order valence-electron chi connectivity index (χ3n) is 7.23. The molecule has 8 nitrogen and oxygen atoms in total. The van der Waals surface area contributed by atoms with E-state index in [9.17, 15) is 22.4 Å². The van der Waals surface area contributed by atoms with Crippen LogP contribution >= 0.6 is 0 Å². The van der Waals surface area contributed by atoms with E-state index in [0.717, 1.165) is 36.4 Å². The number of aromatic amines is 1. The minimum Gasteiger partial charge on any atom is -0.337 e. The third-order valence-corrected chi connectivity index (χ3v) is 7.23. The van der Waals surface area contributed by atoms with Crippen LogP contribution in [0.2, 0.25) is 0 Å². The highest BCUT2D eigenvalue weighted by Gasteiger charge is 2.37. The number of aryl methyl sites for hydroxylation is 1. The fourth-order valence-corrected chi connectivity index (χ4v) is 4.89. The van der Waals surface area contributed by atoms with Gasteiger partial charge in [0.15, 0.2) is 0 Å². The monoisotopic (exact) mass is 535 g/mol. The summed E-state index contributed by atoms with van der Waals surface area (Å²) in [6, 6.07) is 7.57. The van der Waals surface area contributed by atoms with Gasteiger partial charge in [-0.1, -0.05) is 5.21 Å². The van der Waals surface area contributed by atoms with Gasteiger partial charge in [0.2, 0.25) is 0 Å². The van der Waals surface area contributed by atoms with Crippen molar-refractivity contribution in [3.05, 3.63) is 81.7 Å².